The molecule has 0 atom stereocenters. The van der Waals surface area contributed by atoms with Gasteiger partial charge >= 0.3 is 0 Å². The molecule has 0 saturated heterocycles. The molecule has 0 saturated carbocycles. The molecule has 0 amide bonds. The van der Waals surface area contributed by atoms with Crippen LogP contribution in [0.4, 0.5) is 5.95 Å². The summed E-state index contributed by atoms with van der Waals surface area (Å²) in [6.45, 7) is 2.60. The molecule has 2 heterocycles. The fraction of sp³-hybridized carbons (Fsp3) is 0.357. The number of pyridine rings is 1. The van der Waals surface area contributed by atoms with Gasteiger partial charge in [-0.15, -0.1) is 0 Å². The second-order valence-electron chi connectivity index (χ2n) is 4.57. The maximum Gasteiger partial charge on any atom is 0.255 e. The first-order valence-corrected chi connectivity index (χ1v) is 6.53. The highest BCUT2D eigenvalue weighted by Crippen LogP contribution is 2.05. The average Bonchev–Trinajstić information content (AvgIpc) is 2.44. The first kappa shape index (κ1) is 14.2. The molecule has 2 aromatic heterocycles. The molecule has 0 fully saturated rings. The number of anilines is 1. The fourth-order valence-electron chi connectivity index (χ4n) is 1.75. The molecule has 0 bridgehead atoms. The third-order valence-corrected chi connectivity index (χ3v) is 2.87. The normalized spacial score (nSPS) is 10.5. The molecule has 0 aromatic carbocycles. The van der Waals surface area contributed by atoms with E-state index in [1.165, 1.54) is 0 Å². The predicted octanol–water partition coefficient (Wildman–Crippen LogP) is 0.858. The van der Waals surface area contributed by atoms with Crippen molar-refractivity contribution in [2.75, 3.05) is 18.5 Å². The van der Waals surface area contributed by atoms with E-state index in [1.807, 2.05) is 19.1 Å². The number of aliphatic hydroxyl groups is 1. The number of H-pyrrole nitrogens is 1. The minimum atomic E-state index is -0.160. The largest absolute Gasteiger partial charge is 0.396 e. The van der Waals surface area contributed by atoms with Crippen molar-refractivity contribution in [1.29, 1.82) is 0 Å². The highest BCUT2D eigenvalue weighted by Gasteiger charge is 2.04. The summed E-state index contributed by atoms with van der Waals surface area (Å²) in [5.41, 5.74) is 2.36. The highest BCUT2D eigenvalue weighted by molar-refractivity contribution is 5.27. The number of hydrogen-bond donors (Lipinski definition) is 3. The number of nitrogens with zero attached hydrogens (tertiary/aromatic N) is 2. The quantitative estimate of drug-likeness (QED) is 0.680. The Labute approximate surface area is 116 Å². The lowest BCUT2D eigenvalue weighted by atomic mass is 10.1. The van der Waals surface area contributed by atoms with Gasteiger partial charge in [0.2, 0.25) is 5.95 Å². The summed E-state index contributed by atoms with van der Waals surface area (Å²) in [6, 6.07) is 3.87. The van der Waals surface area contributed by atoms with Gasteiger partial charge < -0.3 is 10.4 Å². The van der Waals surface area contributed by atoms with E-state index in [-0.39, 0.29) is 12.2 Å². The number of aromatic amines is 1. The van der Waals surface area contributed by atoms with E-state index in [4.69, 9.17) is 5.11 Å². The lowest BCUT2D eigenvalue weighted by Gasteiger charge is -2.05. The molecule has 0 unspecified atom stereocenters. The monoisotopic (exact) mass is 274 g/mol. The SMILES string of the molecule is Cc1ccc(Cc2cnc(NCCCO)[nH]c2=O)cn1. The summed E-state index contributed by atoms with van der Waals surface area (Å²) in [4.78, 5) is 23.0. The minimum absolute atomic E-state index is 0.107. The molecule has 6 nitrogen and oxygen atoms in total. The summed E-state index contributed by atoms with van der Waals surface area (Å²) in [6.07, 6.45) is 4.45. The van der Waals surface area contributed by atoms with Crippen molar-refractivity contribution in [2.45, 2.75) is 19.8 Å². The van der Waals surface area contributed by atoms with Gasteiger partial charge in [0.25, 0.3) is 5.56 Å². The summed E-state index contributed by atoms with van der Waals surface area (Å²) < 4.78 is 0. The van der Waals surface area contributed by atoms with Gasteiger partial charge in [-0.1, -0.05) is 6.07 Å². The van der Waals surface area contributed by atoms with E-state index >= 15 is 0 Å². The predicted molar refractivity (Wildman–Crippen MR) is 76.8 cm³/mol. The first-order chi connectivity index (χ1) is 9.69. The number of nitrogens with one attached hydrogen (secondary N) is 2. The maximum absolute atomic E-state index is 11.9. The zero-order valence-corrected chi connectivity index (χ0v) is 11.4. The zero-order chi connectivity index (χ0) is 14.4. The van der Waals surface area contributed by atoms with E-state index in [1.54, 1.807) is 12.4 Å². The molecule has 3 N–H and O–H groups in total. The van der Waals surface area contributed by atoms with E-state index in [0.29, 0.717) is 30.9 Å². The van der Waals surface area contributed by atoms with Crippen LogP contribution in [0, 0.1) is 6.92 Å². The molecular weight excluding hydrogens is 256 g/mol. The van der Waals surface area contributed by atoms with Gasteiger partial charge in [0.1, 0.15) is 0 Å². The first-order valence-electron chi connectivity index (χ1n) is 6.53. The summed E-state index contributed by atoms with van der Waals surface area (Å²) >= 11 is 0. The summed E-state index contributed by atoms with van der Waals surface area (Å²) in [7, 11) is 0. The fourth-order valence-corrected chi connectivity index (χ4v) is 1.75. The lowest BCUT2D eigenvalue weighted by molar-refractivity contribution is 0.292. The van der Waals surface area contributed by atoms with Gasteiger partial charge in [0, 0.05) is 43.2 Å². The van der Waals surface area contributed by atoms with Crippen LogP contribution in [0.15, 0.2) is 29.3 Å². The van der Waals surface area contributed by atoms with Crippen LogP contribution in [0.1, 0.15) is 23.2 Å². The number of aliphatic hydroxyl groups excluding tert-OH is 1. The number of aromatic nitrogens is 3. The average molecular weight is 274 g/mol. The Hall–Kier alpha value is -2.21. The van der Waals surface area contributed by atoms with Crippen LogP contribution in [-0.4, -0.2) is 33.2 Å². The van der Waals surface area contributed by atoms with E-state index < -0.39 is 0 Å². The van der Waals surface area contributed by atoms with Gasteiger partial charge in [0.15, 0.2) is 0 Å². The zero-order valence-electron chi connectivity index (χ0n) is 11.4. The topological polar surface area (TPSA) is 90.9 Å². The van der Waals surface area contributed by atoms with Crippen molar-refractivity contribution in [3.63, 3.8) is 0 Å². The van der Waals surface area contributed by atoms with Crippen molar-refractivity contribution >= 4 is 5.95 Å². The lowest BCUT2D eigenvalue weighted by Crippen LogP contribution is -2.17. The Bertz CT molecular complexity index is 607. The number of hydrogen-bond acceptors (Lipinski definition) is 5. The van der Waals surface area contributed by atoms with E-state index in [2.05, 4.69) is 20.3 Å². The van der Waals surface area contributed by atoms with Crippen LogP contribution >= 0.6 is 0 Å². The minimum Gasteiger partial charge on any atom is -0.396 e. The third-order valence-electron chi connectivity index (χ3n) is 2.87. The highest BCUT2D eigenvalue weighted by atomic mass is 16.3. The van der Waals surface area contributed by atoms with Crippen LogP contribution < -0.4 is 10.9 Å². The van der Waals surface area contributed by atoms with Crippen molar-refractivity contribution < 1.29 is 5.11 Å². The van der Waals surface area contributed by atoms with Crippen LogP contribution in [0.5, 0.6) is 0 Å². The van der Waals surface area contributed by atoms with Crippen LogP contribution in [0.3, 0.4) is 0 Å². The van der Waals surface area contributed by atoms with Crippen molar-refractivity contribution in [3.05, 3.63) is 51.7 Å². The van der Waals surface area contributed by atoms with Crippen molar-refractivity contribution in [1.82, 2.24) is 15.0 Å². The molecule has 0 aliphatic carbocycles. The standard InChI is InChI=1S/C14H18N4O2/c1-10-3-4-11(8-16-10)7-12-9-17-14(18-13(12)20)15-5-2-6-19/h3-4,8-9,19H,2,5-7H2,1H3,(H2,15,17,18,20). The van der Waals surface area contributed by atoms with Crippen LogP contribution in [0.25, 0.3) is 0 Å². The van der Waals surface area contributed by atoms with E-state index in [9.17, 15) is 4.79 Å². The Morgan fingerprint density at radius 2 is 2.15 bits per heavy atom. The third kappa shape index (κ3) is 3.89. The Morgan fingerprint density at radius 1 is 1.30 bits per heavy atom. The molecule has 6 heteroatoms. The summed E-state index contributed by atoms with van der Waals surface area (Å²) in [5, 5.41) is 11.6. The molecule has 2 aromatic rings. The molecular formula is C14H18N4O2. The molecule has 0 spiro atoms. The molecule has 2 rings (SSSR count). The Balaban J connectivity index is 2.06. The van der Waals surface area contributed by atoms with Gasteiger partial charge in [-0.3, -0.25) is 14.8 Å². The second-order valence-corrected chi connectivity index (χ2v) is 4.57. The van der Waals surface area contributed by atoms with Gasteiger partial charge in [-0.2, -0.15) is 0 Å². The van der Waals surface area contributed by atoms with Crippen molar-refractivity contribution in [3.8, 4) is 0 Å². The Morgan fingerprint density at radius 3 is 2.80 bits per heavy atom. The molecule has 0 radical (unpaired) electrons. The van der Waals surface area contributed by atoms with E-state index in [0.717, 1.165) is 11.3 Å². The molecule has 0 aliphatic rings. The smallest absolute Gasteiger partial charge is 0.255 e. The van der Waals surface area contributed by atoms with Crippen LogP contribution in [-0.2, 0) is 6.42 Å². The molecule has 0 aliphatic heterocycles. The van der Waals surface area contributed by atoms with Crippen LogP contribution in [0.2, 0.25) is 0 Å². The Kier molecular flexibility index (Phi) is 4.84. The number of aryl methyl sites for hydroxylation is 1. The second kappa shape index (κ2) is 6.81. The molecule has 20 heavy (non-hydrogen) atoms. The van der Waals surface area contributed by atoms with Gasteiger partial charge in [0.05, 0.1) is 0 Å². The van der Waals surface area contributed by atoms with Crippen molar-refractivity contribution in [2.24, 2.45) is 0 Å². The number of rotatable bonds is 6. The molecule has 106 valence electrons. The summed E-state index contributed by atoms with van der Waals surface area (Å²) in [5.74, 6) is 0.425. The van der Waals surface area contributed by atoms with Gasteiger partial charge in [-0.25, -0.2) is 4.98 Å². The maximum atomic E-state index is 11.9. The van der Waals surface area contributed by atoms with Gasteiger partial charge in [-0.05, 0) is 25.0 Å².